The number of carbonyl (C=O) groups excluding carboxylic acids is 2. The summed E-state index contributed by atoms with van der Waals surface area (Å²) in [7, 11) is 1.30. The van der Waals surface area contributed by atoms with Gasteiger partial charge in [-0.2, -0.15) is 0 Å². The van der Waals surface area contributed by atoms with Crippen LogP contribution in [-0.2, 0) is 17.8 Å². The van der Waals surface area contributed by atoms with E-state index >= 15 is 0 Å². The smallest absolute Gasteiger partial charge is 0.373 e. The molecular weight excluding hydrogens is 272 g/mol. The second-order valence-corrected chi connectivity index (χ2v) is 4.75. The minimum absolute atomic E-state index is 0.143. The van der Waals surface area contributed by atoms with Gasteiger partial charge in [0, 0.05) is 17.5 Å². The molecule has 5 nitrogen and oxygen atoms in total. The van der Waals surface area contributed by atoms with Gasteiger partial charge in [-0.15, -0.1) is 0 Å². The van der Waals surface area contributed by atoms with Crippen LogP contribution >= 0.6 is 0 Å². The SMILES string of the molecule is COC(=O)c1ccc(COc2cccc3c2CCC3=O)o1. The summed E-state index contributed by atoms with van der Waals surface area (Å²) < 4.78 is 15.6. The maximum absolute atomic E-state index is 11.7. The van der Waals surface area contributed by atoms with E-state index in [-0.39, 0.29) is 18.2 Å². The lowest BCUT2D eigenvalue weighted by molar-refractivity contribution is 0.0560. The van der Waals surface area contributed by atoms with Crippen LogP contribution in [-0.4, -0.2) is 18.9 Å². The number of ketones is 1. The Balaban J connectivity index is 1.73. The molecular formula is C16H14O5. The number of Topliss-reactive ketones (excluding diaryl/α,β-unsaturated/α-hetero) is 1. The fourth-order valence-corrected chi connectivity index (χ4v) is 2.41. The molecule has 0 bridgehead atoms. The molecule has 1 aliphatic carbocycles. The standard InChI is InChI=1S/C16H14O5/c1-19-16(18)15-8-5-10(21-15)9-20-14-4-2-3-11-12(14)6-7-13(11)17/h2-5,8H,6-7,9H2,1H3. The van der Waals surface area contributed by atoms with Gasteiger partial charge in [-0.1, -0.05) is 12.1 Å². The predicted molar refractivity (Wildman–Crippen MR) is 73.5 cm³/mol. The zero-order valence-electron chi connectivity index (χ0n) is 11.5. The van der Waals surface area contributed by atoms with Gasteiger partial charge in [0.2, 0.25) is 5.76 Å². The Labute approximate surface area is 121 Å². The Kier molecular flexibility index (Phi) is 3.48. The molecule has 1 aliphatic rings. The molecule has 0 unspecified atom stereocenters. The molecule has 3 rings (SSSR count). The molecule has 1 aromatic heterocycles. The second kappa shape index (κ2) is 5.44. The third kappa shape index (κ3) is 2.54. The summed E-state index contributed by atoms with van der Waals surface area (Å²) in [5.74, 6) is 0.991. The van der Waals surface area contributed by atoms with Crippen molar-refractivity contribution in [3.63, 3.8) is 0 Å². The second-order valence-electron chi connectivity index (χ2n) is 4.75. The van der Waals surface area contributed by atoms with E-state index in [1.54, 1.807) is 18.2 Å². The molecule has 0 N–H and O–H groups in total. The zero-order chi connectivity index (χ0) is 14.8. The summed E-state index contributed by atoms with van der Waals surface area (Å²) in [6, 6.07) is 8.67. The van der Waals surface area contributed by atoms with Crippen molar-refractivity contribution in [2.24, 2.45) is 0 Å². The number of methoxy groups -OCH3 is 1. The summed E-state index contributed by atoms with van der Waals surface area (Å²) >= 11 is 0. The van der Waals surface area contributed by atoms with Crippen molar-refractivity contribution in [1.29, 1.82) is 0 Å². The summed E-state index contributed by atoms with van der Waals surface area (Å²) in [6.07, 6.45) is 1.23. The molecule has 108 valence electrons. The van der Waals surface area contributed by atoms with Crippen molar-refractivity contribution in [3.8, 4) is 5.75 Å². The van der Waals surface area contributed by atoms with Crippen molar-refractivity contribution in [3.05, 3.63) is 53.0 Å². The number of benzene rings is 1. The lowest BCUT2D eigenvalue weighted by Gasteiger charge is -2.08. The van der Waals surface area contributed by atoms with Crippen molar-refractivity contribution in [2.75, 3.05) is 7.11 Å². The minimum atomic E-state index is -0.521. The van der Waals surface area contributed by atoms with Crippen molar-refractivity contribution < 1.29 is 23.5 Å². The molecule has 0 atom stereocenters. The van der Waals surface area contributed by atoms with Gasteiger partial charge >= 0.3 is 5.97 Å². The van der Waals surface area contributed by atoms with Crippen molar-refractivity contribution >= 4 is 11.8 Å². The number of furan rings is 1. The quantitative estimate of drug-likeness (QED) is 0.808. The van der Waals surface area contributed by atoms with E-state index in [1.165, 1.54) is 7.11 Å². The van der Waals surface area contributed by atoms with Gasteiger partial charge in [0.25, 0.3) is 0 Å². The maximum atomic E-state index is 11.7. The predicted octanol–water partition coefficient (Wildman–Crippen LogP) is 2.77. The van der Waals surface area contributed by atoms with E-state index in [2.05, 4.69) is 4.74 Å². The molecule has 0 spiro atoms. The largest absolute Gasteiger partial charge is 0.485 e. The Morgan fingerprint density at radius 2 is 2.10 bits per heavy atom. The van der Waals surface area contributed by atoms with Crippen molar-refractivity contribution in [2.45, 2.75) is 19.4 Å². The number of rotatable bonds is 4. The third-order valence-corrected chi connectivity index (χ3v) is 3.45. The minimum Gasteiger partial charge on any atom is -0.485 e. The Morgan fingerprint density at radius 3 is 2.90 bits per heavy atom. The highest BCUT2D eigenvalue weighted by atomic mass is 16.5. The topological polar surface area (TPSA) is 65.7 Å². The van der Waals surface area contributed by atoms with Gasteiger partial charge < -0.3 is 13.9 Å². The highest BCUT2D eigenvalue weighted by Crippen LogP contribution is 2.31. The molecule has 0 amide bonds. The lowest BCUT2D eigenvalue weighted by atomic mass is 10.1. The summed E-state index contributed by atoms with van der Waals surface area (Å²) in [6.45, 7) is 0.196. The maximum Gasteiger partial charge on any atom is 0.373 e. The molecule has 0 radical (unpaired) electrons. The first-order valence-electron chi connectivity index (χ1n) is 6.64. The molecule has 2 aromatic rings. The van der Waals surface area contributed by atoms with Gasteiger partial charge in [0.15, 0.2) is 5.78 Å². The van der Waals surface area contributed by atoms with Gasteiger partial charge in [0.05, 0.1) is 7.11 Å². The Hall–Kier alpha value is -2.56. The summed E-state index contributed by atoms with van der Waals surface area (Å²) in [4.78, 5) is 23.0. The fraction of sp³-hybridized carbons (Fsp3) is 0.250. The molecule has 21 heavy (non-hydrogen) atoms. The first-order valence-corrected chi connectivity index (χ1v) is 6.64. The van der Waals surface area contributed by atoms with Crippen LogP contribution in [0.1, 0.15) is 38.7 Å². The van der Waals surface area contributed by atoms with Crippen LogP contribution in [0.3, 0.4) is 0 Å². The fourth-order valence-electron chi connectivity index (χ4n) is 2.41. The number of carbonyl (C=O) groups is 2. The number of hydrogen-bond donors (Lipinski definition) is 0. The highest BCUT2D eigenvalue weighted by molar-refractivity contribution is 6.01. The monoisotopic (exact) mass is 286 g/mol. The number of hydrogen-bond acceptors (Lipinski definition) is 5. The number of fused-ring (bicyclic) bond motifs is 1. The molecule has 0 saturated carbocycles. The number of esters is 1. The van der Waals surface area contributed by atoms with Crippen LogP contribution in [0.4, 0.5) is 0 Å². The van der Waals surface area contributed by atoms with Gasteiger partial charge in [-0.05, 0) is 24.6 Å². The molecule has 0 aliphatic heterocycles. The summed E-state index contributed by atoms with van der Waals surface area (Å²) in [5.41, 5.74) is 1.68. The van der Waals surface area contributed by atoms with Crippen LogP contribution in [0.15, 0.2) is 34.7 Å². The number of ether oxygens (including phenoxy) is 2. The van der Waals surface area contributed by atoms with Gasteiger partial charge in [-0.3, -0.25) is 4.79 Å². The van der Waals surface area contributed by atoms with Crippen LogP contribution in [0.5, 0.6) is 5.75 Å². The van der Waals surface area contributed by atoms with E-state index in [9.17, 15) is 9.59 Å². The van der Waals surface area contributed by atoms with Crippen LogP contribution in [0, 0.1) is 0 Å². The molecule has 5 heteroatoms. The van der Waals surface area contributed by atoms with Gasteiger partial charge in [0.1, 0.15) is 18.1 Å². The first-order chi connectivity index (χ1) is 10.2. The Bertz CT molecular complexity index is 698. The average molecular weight is 286 g/mol. The van der Waals surface area contributed by atoms with Crippen LogP contribution in [0.25, 0.3) is 0 Å². The molecule has 0 saturated heterocycles. The zero-order valence-corrected chi connectivity index (χ0v) is 11.5. The van der Waals surface area contributed by atoms with E-state index in [1.807, 2.05) is 12.1 Å². The Morgan fingerprint density at radius 1 is 1.24 bits per heavy atom. The highest BCUT2D eigenvalue weighted by Gasteiger charge is 2.22. The van der Waals surface area contributed by atoms with E-state index in [0.717, 1.165) is 11.1 Å². The first kappa shape index (κ1) is 13.4. The van der Waals surface area contributed by atoms with E-state index in [4.69, 9.17) is 9.15 Å². The van der Waals surface area contributed by atoms with E-state index < -0.39 is 5.97 Å². The van der Waals surface area contributed by atoms with Crippen LogP contribution < -0.4 is 4.74 Å². The van der Waals surface area contributed by atoms with Gasteiger partial charge in [-0.25, -0.2) is 4.79 Å². The van der Waals surface area contributed by atoms with E-state index in [0.29, 0.717) is 24.4 Å². The third-order valence-electron chi connectivity index (χ3n) is 3.45. The molecule has 1 aromatic carbocycles. The van der Waals surface area contributed by atoms with Crippen molar-refractivity contribution in [1.82, 2.24) is 0 Å². The van der Waals surface area contributed by atoms with Crippen LogP contribution in [0.2, 0.25) is 0 Å². The summed E-state index contributed by atoms with van der Waals surface area (Å²) in [5, 5.41) is 0. The lowest BCUT2D eigenvalue weighted by Crippen LogP contribution is -2.00. The average Bonchev–Trinajstić information content (AvgIpc) is 3.12. The molecule has 1 heterocycles. The molecule has 0 fully saturated rings. The normalized spacial score (nSPS) is 13.1.